The largest absolute Gasteiger partial charge is 0.340 e. The quantitative estimate of drug-likeness (QED) is 0.683. The first-order valence-corrected chi connectivity index (χ1v) is 9.38. The molecule has 0 aliphatic carbocycles. The van der Waals surface area contributed by atoms with E-state index in [0.29, 0.717) is 23.4 Å². The Balaban J connectivity index is 2.10. The first-order valence-electron chi connectivity index (χ1n) is 9.38. The van der Waals surface area contributed by atoms with Crippen LogP contribution in [0, 0.1) is 12.8 Å². The predicted octanol–water partition coefficient (Wildman–Crippen LogP) is 3.74. The number of amides is 3. The lowest BCUT2D eigenvalue weighted by molar-refractivity contribution is -0.119. The molecule has 0 radical (unpaired) electrons. The smallest absolute Gasteiger partial charge is 0.251 e. The molecule has 28 heavy (non-hydrogen) atoms. The van der Waals surface area contributed by atoms with Crippen molar-refractivity contribution >= 4 is 29.1 Å². The Morgan fingerprint density at radius 2 is 1.57 bits per heavy atom. The van der Waals surface area contributed by atoms with Crippen LogP contribution in [0.15, 0.2) is 48.5 Å². The van der Waals surface area contributed by atoms with Crippen LogP contribution in [0.1, 0.15) is 43.1 Å². The standard InChI is InChI=1S/C22H27N3O3/c1-5-19(26)23-17-10-7-11-18(13-17)24-22(28)20(14(2)3)25-21(27)16-9-6-8-15(4)12-16/h6-14,20H,5H2,1-4H3,(H,23,26)(H,24,28)(H,25,27). The molecule has 0 aliphatic rings. The number of rotatable bonds is 7. The van der Waals surface area contributed by atoms with Gasteiger partial charge in [0, 0.05) is 23.4 Å². The summed E-state index contributed by atoms with van der Waals surface area (Å²) in [5.41, 5.74) is 2.65. The highest BCUT2D eigenvalue weighted by molar-refractivity contribution is 6.01. The number of carbonyl (C=O) groups is 3. The third-order valence-corrected chi connectivity index (χ3v) is 4.25. The third kappa shape index (κ3) is 5.94. The fourth-order valence-electron chi connectivity index (χ4n) is 2.69. The maximum absolute atomic E-state index is 12.8. The lowest BCUT2D eigenvalue weighted by atomic mass is 10.0. The minimum atomic E-state index is -0.693. The van der Waals surface area contributed by atoms with Crippen LogP contribution in [0.2, 0.25) is 0 Å². The Kier molecular flexibility index (Phi) is 7.32. The molecular formula is C22H27N3O3. The van der Waals surface area contributed by atoms with Gasteiger partial charge in [-0.2, -0.15) is 0 Å². The number of hydrogen-bond acceptors (Lipinski definition) is 3. The van der Waals surface area contributed by atoms with E-state index in [1.165, 1.54) is 0 Å². The lowest BCUT2D eigenvalue weighted by Crippen LogP contribution is -2.47. The van der Waals surface area contributed by atoms with Gasteiger partial charge in [-0.1, -0.05) is 44.5 Å². The summed E-state index contributed by atoms with van der Waals surface area (Å²) in [5.74, 6) is -0.804. The van der Waals surface area contributed by atoms with E-state index >= 15 is 0 Å². The molecule has 2 aromatic carbocycles. The molecule has 1 unspecified atom stereocenters. The van der Waals surface area contributed by atoms with E-state index in [1.807, 2.05) is 32.9 Å². The molecule has 0 heterocycles. The molecule has 6 nitrogen and oxygen atoms in total. The van der Waals surface area contributed by atoms with Gasteiger partial charge in [0.1, 0.15) is 6.04 Å². The summed E-state index contributed by atoms with van der Waals surface area (Å²) in [7, 11) is 0. The van der Waals surface area contributed by atoms with Gasteiger partial charge in [-0.3, -0.25) is 14.4 Å². The molecule has 3 N–H and O–H groups in total. The van der Waals surface area contributed by atoms with Crippen molar-refractivity contribution in [3.63, 3.8) is 0 Å². The average molecular weight is 381 g/mol. The Labute approximate surface area is 165 Å². The van der Waals surface area contributed by atoms with E-state index in [9.17, 15) is 14.4 Å². The van der Waals surface area contributed by atoms with Crippen LogP contribution < -0.4 is 16.0 Å². The van der Waals surface area contributed by atoms with E-state index in [2.05, 4.69) is 16.0 Å². The minimum Gasteiger partial charge on any atom is -0.340 e. The molecule has 6 heteroatoms. The molecule has 0 saturated carbocycles. The van der Waals surface area contributed by atoms with Gasteiger partial charge in [0.15, 0.2) is 0 Å². The number of anilines is 2. The van der Waals surface area contributed by atoms with Crippen molar-refractivity contribution in [3.05, 3.63) is 59.7 Å². The zero-order valence-corrected chi connectivity index (χ0v) is 16.7. The van der Waals surface area contributed by atoms with Crippen molar-refractivity contribution in [1.82, 2.24) is 5.32 Å². The van der Waals surface area contributed by atoms with E-state index < -0.39 is 6.04 Å². The highest BCUT2D eigenvalue weighted by Gasteiger charge is 2.25. The maximum Gasteiger partial charge on any atom is 0.251 e. The van der Waals surface area contributed by atoms with Gasteiger partial charge in [-0.15, -0.1) is 0 Å². The summed E-state index contributed by atoms with van der Waals surface area (Å²) < 4.78 is 0. The zero-order chi connectivity index (χ0) is 20.7. The van der Waals surface area contributed by atoms with Crippen LogP contribution >= 0.6 is 0 Å². The Morgan fingerprint density at radius 3 is 2.18 bits per heavy atom. The highest BCUT2D eigenvalue weighted by atomic mass is 16.2. The topological polar surface area (TPSA) is 87.3 Å². The van der Waals surface area contributed by atoms with Crippen molar-refractivity contribution in [2.45, 2.75) is 40.2 Å². The minimum absolute atomic E-state index is 0.100. The molecule has 3 amide bonds. The van der Waals surface area contributed by atoms with Crippen LogP contribution in [-0.4, -0.2) is 23.8 Å². The fraction of sp³-hybridized carbons (Fsp3) is 0.318. The van der Waals surface area contributed by atoms with Crippen LogP contribution in [0.25, 0.3) is 0 Å². The molecule has 2 aromatic rings. The van der Waals surface area contributed by atoms with Gasteiger partial charge in [-0.05, 0) is 43.2 Å². The molecule has 0 aliphatic heterocycles. The Bertz CT molecular complexity index is 862. The van der Waals surface area contributed by atoms with Gasteiger partial charge < -0.3 is 16.0 Å². The van der Waals surface area contributed by atoms with Crippen molar-refractivity contribution in [2.24, 2.45) is 5.92 Å². The predicted molar refractivity (Wildman–Crippen MR) is 111 cm³/mol. The van der Waals surface area contributed by atoms with Gasteiger partial charge >= 0.3 is 0 Å². The molecule has 0 bridgehead atoms. The normalized spacial score (nSPS) is 11.6. The fourth-order valence-corrected chi connectivity index (χ4v) is 2.69. The van der Waals surface area contributed by atoms with Gasteiger partial charge in [0.2, 0.25) is 11.8 Å². The van der Waals surface area contributed by atoms with Crippen molar-refractivity contribution < 1.29 is 14.4 Å². The molecule has 2 rings (SSSR count). The lowest BCUT2D eigenvalue weighted by Gasteiger charge is -2.22. The third-order valence-electron chi connectivity index (χ3n) is 4.25. The molecule has 1 atom stereocenters. The monoisotopic (exact) mass is 381 g/mol. The number of benzene rings is 2. The van der Waals surface area contributed by atoms with Crippen LogP contribution in [0.3, 0.4) is 0 Å². The van der Waals surface area contributed by atoms with E-state index in [0.717, 1.165) is 5.56 Å². The number of carbonyl (C=O) groups excluding carboxylic acids is 3. The van der Waals surface area contributed by atoms with E-state index in [-0.39, 0.29) is 23.6 Å². The summed E-state index contributed by atoms with van der Waals surface area (Å²) in [6.45, 7) is 7.43. The second-order valence-corrected chi connectivity index (χ2v) is 7.04. The molecule has 0 aromatic heterocycles. The molecule has 148 valence electrons. The van der Waals surface area contributed by atoms with E-state index in [4.69, 9.17) is 0 Å². The highest BCUT2D eigenvalue weighted by Crippen LogP contribution is 2.17. The van der Waals surface area contributed by atoms with Crippen LogP contribution in [-0.2, 0) is 9.59 Å². The molecule has 0 spiro atoms. The average Bonchev–Trinajstić information content (AvgIpc) is 2.65. The first-order chi connectivity index (χ1) is 13.3. The van der Waals surface area contributed by atoms with Gasteiger partial charge in [0.05, 0.1) is 0 Å². The summed E-state index contributed by atoms with van der Waals surface area (Å²) in [5, 5.41) is 8.39. The van der Waals surface area contributed by atoms with Crippen molar-refractivity contribution in [2.75, 3.05) is 10.6 Å². The summed E-state index contributed by atoms with van der Waals surface area (Å²) in [6.07, 6.45) is 0.372. The number of hydrogen-bond donors (Lipinski definition) is 3. The van der Waals surface area contributed by atoms with Crippen LogP contribution in [0.5, 0.6) is 0 Å². The summed E-state index contributed by atoms with van der Waals surface area (Å²) >= 11 is 0. The second kappa shape index (κ2) is 9.69. The molecular weight excluding hydrogens is 354 g/mol. The number of aryl methyl sites for hydroxylation is 1. The van der Waals surface area contributed by atoms with Crippen LogP contribution in [0.4, 0.5) is 11.4 Å². The number of nitrogens with one attached hydrogen (secondary N) is 3. The zero-order valence-electron chi connectivity index (χ0n) is 16.7. The summed E-state index contributed by atoms with van der Waals surface area (Å²) in [4.78, 5) is 36.8. The SMILES string of the molecule is CCC(=O)Nc1cccc(NC(=O)C(NC(=O)c2cccc(C)c2)C(C)C)c1. The molecule has 0 saturated heterocycles. The maximum atomic E-state index is 12.8. The van der Waals surface area contributed by atoms with E-state index in [1.54, 1.807) is 43.3 Å². The Hall–Kier alpha value is -3.15. The molecule has 0 fully saturated rings. The summed E-state index contributed by atoms with van der Waals surface area (Å²) in [6, 6.07) is 13.5. The van der Waals surface area contributed by atoms with Gasteiger partial charge in [-0.25, -0.2) is 0 Å². The second-order valence-electron chi connectivity index (χ2n) is 7.04. The van der Waals surface area contributed by atoms with Crippen molar-refractivity contribution in [1.29, 1.82) is 0 Å². The van der Waals surface area contributed by atoms with Gasteiger partial charge in [0.25, 0.3) is 5.91 Å². The Morgan fingerprint density at radius 1 is 0.929 bits per heavy atom. The first kappa shape index (κ1) is 21.2. The van der Waals surface area contributed by atoms with Crippen molar-refractivity contribution in [3.8, 4) is 0 Å².